The Labute approximate surface area is 103 Å². The molecule has 1 aromatic rings. The van der Waals surface area contributed by atoms with Gasteiger partial charge in [0.2, 0.25) is 0 Å². The van der Waals surface area contributed by atoms with Crippen molar-refractivity contribution in [1.82, 2.24) is 0 Å². The largest absolute Gasteiger partial charge is 0.462 e. The number of halogens is 1. The third-order valence-electron chi connectivity index (χ3n) is 2.22. The van der Waals surface area contributed by atoms with Crippen LogP contribution in [0.15, 0.2) is 16.6 Å². The lowest BCUT2D eigenvalue weighted by atomic mass is 9.99. The topological polar surface area (TPSA) is 50.1 Å². The van der Waals surface area contributed by atoms with E-state index in [2.05, 4.69) is 22.0 Å². The van der Waals surface area contributed by atoms with Crippen LogP contribution < -0.4 is 0 Å². The quantitative estimate of drug-likeness (QED) is 0.800. The molecule has 1 rings (SSSR count). The van der Waals surface area contributed by atoms with Gasteiger partial charge in [0.1, 0.15) is 6.07 Å². The fraction of sp³-hybridized carbons (Fsp3) is 0.333. The number of ether oxygens (including phenoxy) is 1. The number of hydrogen-bond donors (Lipinski definition) is 0. The van der Waals surface area contributed by atoms with Gasteiger partial charge in [0.15, 0.2) is 0 Å². The van der Waals surface area contributed by atoms with Crippen molar-refractivity contribution in [2.45, 2.75) is 20.3 Å². The lowest BCUT2D eigenvalue weighted by Gasteiger charge is -2.09. The van der Waals surface area contributed by atoms with Crippen LogP contribution in [0.1, 0.15) is 35.3 Å². The number of nitriles is 1. The van der Waals surface area contributed by atoms with Gasteiger partial charge in [0, 0.05) is 4.47 Å². The van der Waals surface area contributed by atoms with Crippen molar-refractivity contribution in [3.8, 4) is 6.07 Å². The first-order chi connectivity index (χ1) is 7.65. The molecule has 4 heteroatoms. The highest BCUT2D eigenvalue weighted by atomic mass is 79.9. The number of carbonyl (C=O) groups excluding carboxylic acids is 1. The molecular formula is C12H12BrNO2. The molecule has 0 amide bonds. The summed E-state index contributed by atoms with van der Waals surface area (Å²) < 4.78 is 5.65. The van der Waals surface area contributed by atoms with E-state index in [-0.39, 0.29) is 5.97 Å². The summed E-state index contributed by atoms with van der Waals surface area (Å²) in [6.45, 7) is 4.00. The van der Waals surface area contributed by atoms with E-state index < -0.39 is 0 Å². The monoisotopic (exact) mass is 281 g/mol. The van der Waals surface area contributed by atoms with E-state index in [1.807, 2.05) is 6.92 Å². The van der Waals surface area contributed by atoms with Gasteiger partial charge in [-0.15, -0.1) is 0 Å². The number of carbonyl (C=O) groups is 1. The predicted octanol–water partition coefficient (Wildman–Crippen LogP) is 3.06. The van der Waals surface area contributed by atoms with E-state index in [0.29, 0.717) is 28.6 Å². The van der Waals surface area contributed by atoms with Gasteiger partial charge in [-0.05, 0) is 47.0 Å². The van der Waals surface area contributed by atoms with Crippen LogP contribution in [0.25, 0.3) is 0 Å². The molecule has 0 spiro atoms. The lowest BCUT2D eigenvalue weighted by Crippen LogP contribution is -2.09. The minimum Gasteiger partial charge on any atom is -0.462 e. The molecule has 0 N–H and O–H groups in total. The van der Waals surface area contributed by atoms with Gasteiger partial charge in [-0.25, -0.2) is 4.79 Å². The molecule has 16 heavy (non-hydrogen) atoms. The molecule has 0 atom stereocenters. The molecule has 0 saturated heterocycles. The molecule has 0 fully saturated rings. The SMILES string of the molecule is CCOC(=O)c1ccc(Br)c(C#N)c1CC. The Bertz CT molecular complexity index is 449. The maximum absolute atomic E-state index is 11.7. The molecule has 0 bridgehead atoms. The van der Waals surface area contributed by atoms with Crippen molar-refractivity contribution in [2.75, 3.05) is 6.61 Å². The average Bonchev–Trinajstić information content (AvgIpc) is 2.28. The fourth-order valence-corrected chi connectivity index (χ4v) is 1.97. The summed E-state index contributed by atoms with van der Waals surface area (Å²) in [5, 5.41) is 9.03. The van der Waals surface area contributed by atoms with Gasteiger partial charge in [0.05, 0.1) is 17.7 Å². The van der Waals surface area contributed by atoms with Crippen LogP contribution >= 0.6 is 15.9 Å². The van der Waals surface area contributed by atoms with E-state index in [9.17, 15) is 4.79 Å². The highest BCUT2D eigenvalue weighted by molar-refractivity contribution is 9.10. The summed E-state index contributed by atoms with van der Waals surface area (Å²) in [5.41, 5.74) is 1.72. The summed E-state index contributed by atoms with van der Waals surface area (Å²) in [6.07, 6.45) is 0.622. The number of esters is 1. The maximum atomic E-state index is 11.7. The Hall–Kier alpha value is -1.34. The first-order valence-corrected chi connectivity index (χ1v) is 5.83. The number of hydrogen-bond acceptors (Lipinski definition) is 3. The van der Waals surface area contributed by atoms with Gasteiger partial charge >= 0.3 is 5.97 Å². The molecule has 0 unspecified atom stereocenters. The van der Waals surface area contributed by atoms with Gasteiger partial charge in [-0.3, -0.25) is 0 Å². The molecule has 0 heterocycles. The van der Waals surface area contributed by atoms with Crippen LogP contribution in [-0.2, 0) is 11.2 Å². The Morgan fingerprint density at radius 3 is 2.69 bits per heavy atom. The highest BCUT2D eigenvalue weighted by Gasteiger charge is 2.16. The van der Waals surface area contributed by atoms with Gasteiger partial charge in [-0.2, -0.15) is 5.26 Å². The van der Waals surface area contributed by atoms with Crippen molar-refractivity contribution >= 4 is 21.9 Å². The van der Waals surface area contributed by atoms with Crippen LogP contribution in [0.3, 0.4) is 0 Å². The molecule has 0 aromatic heterocycles. The van der Waals surface area contributed by atoms with Crippen LogP contribution in [0.2, 0.25) is 0 Å². The Kier molecular flexibility index (Phi) is 4.51. The normalized spacial score (nSPS) is 9.62. The molecule has 0 aliphatic carbocycles. The first kappa shape index (κ1) is 12.7. The first-order valence-electron chi connectivity index (χ1n) is 5.04. The van der Waals surface area contributed by atoms with Gasteiger partial charge in [0.25, 0.3) is 0 Å². The smallest absolute Gasteiger partial charge is 0.338 e. The highest BCUT2D eigenvalue weighted by Crippen LogP contribution is 2.24. The Balaban J connectivity index is 3.31. The van der Waals surface area contributed by atoms with Crippen molar-refractivity contribution in [3.63, 3.8) is 0 Å². The zero-order valence-corrected chi connectivity index (χ0v) is 10.8. The summed E-state index contributed by atoms with van der Waals surface area (Å²) >= 11 is 3.30. The zero-order valence-electron chi connectivity index (χ0n) is 9.21. The second-order valence-electron chi connectivity index (χ2n) is 3.13. The van der Waals surface area contributed by atoms with Gasteiger partial charge < -0.3 is 4.74 Å². The van der Waals surface area contributed by atoms with E-state index in [4.69, 9.17) is 10.00 Å². The third kappa shape index (κ3) is 2.42. The van der Waals surface area contributed by atoms with Crippen LogP contribution in [0, 0.1) is 11.3 Å². The maximum Gasteiger partial charge on any atom is 0.338 e. The average molecular weight is 282 g/mol. The minimum absolute atomic E-state index is 0.333. The Morgan fingerprint density at radius 1 is 1.50 bits per heavy atom. The molecule has 0 aliphatic rings. The molecule has 84 valence electrons. The van der Waals surface area contributed by atoms with E-state index in [1.165, 1.54) is 0 Å². The summed E-state index contributed by atoms with van der Waals surface area (Å²) in [6, 6.07) is 5.48. The molecule has 0 aliphatic heterocycles. The van der Waals surface area contributed by atoms with Crippen molar-refractivity contribution in [1.29, 1.82) is 5.26 Å². The van der Waals surface area contributed by atoms with Crippen LogP contribution in [0.5, 0.6) is 0 Å². The minimum atomic E-state index is -0.372. The summed E-state index contributed by atoms with van der Waals surface area (Å²) in [5.74, 6) is -0.372. The number of nitrogens with zero attached hydrogens (tertiary/aromatic N) is 1. The number of rotatable bonds is 3. The van der Waals surface area contributed by atoms with Gasteiger partial charge in [-0.1, -0.05) is 6.92 Å². The lowest BCUT2D eigenvalue weighted by molar-refractivity contribution is 0.0525. The standard InChI is InChI=1S/C12H12BrNO2/c1-3-8-9(12(15)16-4-2)5-6-11(13)10(8)7-14/h5-6H,3-4H2,1-2H3. The molecule has 1 aromatic carbocycles. The van der Waals surface area contributed by atoms with Crippen LogP contribution in [-0.4, -0.2) is 12.6 Å². The second kappa shape index (κ2) is 5.66. The third-order valence-corrected chi connectivity index (χ3v) is 2.88. The molecule has 0 saturated carbocycles. The molecule has 3 nitrogen and oxygen atoms in total. The van der Waals surface area contributed by atoms with E-state index >= 15 is 0 Å². The van der Waals surface area contributed by atoms with E-state index in [1.54, 1.807) is 19.1 Å². The van der Waals surface area contributed by atoms with Crippen LogP contribution in [0.4, 0.5) is 0 Å². The second-order valence-corrected chi connectivity index (χ2v) is 3.99. The predicted molar refractivity (Wildman–Crippen MR) is 64.2 cm³/mol. The van der Waals surface area contributed by atoms with Crippen molar-refractivity contribution in [3.05, 3.63) is 33.3 Å². The summed E-state index contributed by atoms with van der Waals surface area (Å²) in [4.78, 5) is 11.7. The van der Waals surface area contributed by atoms with Crippen molar-refractivity contribution in [2.24, 2.45) is 0 Å². The molecular weight excluding hydrogens is 270 g/mol. The Morgan fingerprint density at radius 2 is 2.19 bits per heavy atom. The fourth-order valence-electron chi connectivity index (χ4n) is 1.51. The van der Waals surface area contributed by atoms with Crippen molar-refractivity contribution < 1.29 is 9.53 Å². The van der Waals surface area contributed by atoms with E-state index in [0.717, 1.165) is 5.56 Å². The molecule has 0 radical (unpaired) electrons. The summed E-state index contributed by atoms with van der Waals surface area (Å²) in [7, 11) is 0. The number of benzene rings is 1. The zero-order chi connectivity index (χ0) is 12.1.